The van der Waals surface area contributed by atoms with Crippen molar-refractivity contribution in [2.45, 2.75) is 57.9 Å². The molecule has 0 bridgehead atoms. The first-order chi connectivity index (χ1) is 13.8. The highest BCUT2D eigenvalue weighted by Crippen LogP contribution is 2.16. The second-order valence-electron chi connectivity index (χ2n) is 7.53. The molecule has 1 aliphatic heterocycles. The molecule has 1 heterocycles. The van der Waals surface area contributed by atoms with E-state index in [-0.39, 0.29) is 37.1 Å². The van der Waals surface area contributed by atoms with Gasteiger partial charge in [-0.15, -0.1) is 0 Å². The van der Waals surface area contributed by atoms with E-state index in [0.29, 0.717) is 25.1 Å². The molecule has 1 atom stereocenters. The number of unbranched alkanes of at least 4 members (excludes halogenated alkanes) is 2. The van der Waals surface area contributed by atoms with E-state index in [1.807, 2.05) is 0 Å². The van der Waals surface area contributed by atoms with Crippen LogP contribution in [0.15, 0.2) is 24.3 Å². The highest BCUT2D eigenvalue weighted by molar-refractivity contribution is 7.88. The molecule has 29 heavy (non-hydrogen) atoms. The standard InChI is InChI=1S/C21H32N2O5S/c1-3-4-5-15-28-19-10-8-17(9-11-19)20(24)12-13-21(25)22-18-7-6-14-23(16-18)29(2,26)27/h8-11,18H,3-7,12-16H2,1-2H3,(H,22,25). The lowest BCUT2D eigenvalue weighted by atomic mass is 10.0. The number of hydrogen-bond acceptors (Lipinski definition) is 5. The van der Waals surface area contributed by atoms with E-state index in [4.69, 9.17) is 4.74 Å². The maximum absolute atomic E-state index is 12.3. The molecule has 1 aliphatic rings. The molecule has 0 aliphatic carbocycles. The summed E-state index contributed by atoms with van der Waals surface area (Å²) in [6, 6.07) is 6.80. The van der Waals surface area contributed by atoms with Crippen molar-refractivity contribution in [2.24, 2.45) is 0 Å². The summed E-state index contributed by atoms with van der Waals surface area (Å²) in [5.74, 6) is 0.414. The van der Waals surface area contributed by atoms with Crippen molar-refractivity contribution in [1.29, 1.82) is 0 Å². The molecule has 0 aromatic heterocycles. The fourth-order valence-electron chi connectivity index (χ4n) is 3.31. The summed E-state index contributed by atoms with van der Waals surface area (Å²) < 4.78 is 30.3. The molecule has 1 amide bonds. The first-order valence-electron chi connectivity index (χ1n) is 10.3. The fourth-order valence-corrected chi connectivity index (χ4v) is 4.22. The monoisotopic (exact) mass is 424 g/mol. The van der Waals surface area contributed by atoms with Gasteiger partial charge in [-0.3, -0.25) is 9.59 Å². The van der Waals surface area contributed by atoms with Gasteiger partial charge in [-0.05, 0) is 43.5 Å². The average Bonchev–Trinajstić information content (AvgIpc) is 2.69. The van der Waals surface area contributed by atoms with Crippen LogP contribution < -0.4 is 10.1 Å². The molecule has 162 valence electrons. The van der Waals surface area contributed by atoms with E-state index < -0.39 is 10.0 Å². The van der Waals surface area contributed by atoms with Crippen molar-refractivity contribution in [1.82, 2.24) is 9.62 Å². The van der Waals surface area contributed by atoms with Crippen LogP contribution in [0.4, 0.5) is 0 Å². The van der Waals surface area contributed by atoms with Crippen LogP contribution in [0, 0.1) is 0 Å². The molecule has 1 saturated heterocycles. The molecule has 1 aromatic rings. The van der Waals surface area contributed by atoms with E-state index in [1.54, 1.807) is 24.3 Å². The third-order valence-electron chi connectivity index (χ3n) is 4.99. The summed E-state index contributed by atoms with van der Waals surface area (Å²) in [5.41, 5.74) is 0.555. The number of nitrogens with zero attached hydrogens (tertiary/aromatic N) is 1. The topological polar surface area (TPSA) is 92.8 Å². The molecule has 7 nitrogen and oxygen atoms in total. The van der Waals surface area contributed by atoms with Gasteiger partial charge in [0.2, 0.25) is 15.9 Å². The lowest BCUT2D eigenvalue weighted by molar-refractivity contribution is -0.122. The van der Waals surface area contributed by atoms with Gasteiger partial charge in [-0.2, -0.15) is 0 Å². The molecule has 0 radical (unpaired) electrons. The molecule has 1 fully saturated rings. The van der Waals surface area contributed by atoms with Gasteiger partial charge in [0.1, 0.15) is 5.75 Å². The Morgan fingerprint density at radius 3 is 2.55 bits per heavy atom. The van der Waals surface area contributed by atoms with E-state index in [0.717, 1.165) is 31.4 Å². The van der Waals surface area contributed by atoms with Crippen molar-refractivity contribution in [3.63, 3.8) is 0 Å². The Labute approximate surface area is 173 Å². The average molecular weight is 425 g/mol. The lowest BCUT2D eigenvalue weighted by Crippen LogP contribution is -2.49. The van der Waals surface area contributed by atoms with Crippen LogP contribution in [-0.2, 0) is 14.8 Å². The number of amides is 1. The third-order valence-corrected chi connectivity index (χ3v) is 6.26. The Hall–Kier alpha value is -1.93. The molecule has 0 saturated carbocycles. The number of ketones is 1. The van der Waals surface area contributed by atoms with Crippen LogP contribution in [0.25, 0.3) is 0 Å². The maximum Gasteiger partial charge on any atom is 0.220 e. The number of carbonyl (C=O) groups is 2. The number of hydrogen-bond donors (Lipinski definition) is 1. The number of nitrogens with one attached hydrogen (secondary N) is 1. The second-order valence-corrected chi connectivity index (χ2v) is 9.51. The van der Waals surface area contributed by atoms with Gasteiger partial charge in [-0.25, -0.2) is 12.7 Å². The SMILES string of the molecule is CCCCCOc1ccc(C(=O)CCC(=O)NC2CCCN(S(C)(=O)=O)C2)cc1. The van der Waals surface area contributed by atoms with Crippen LogP contribution in [0.3, 0.4) is 0 Å². The molecular weight excluding hydrogens is 392 g/mol. The number of benzene rings is 1. The number of Topliss-reactive ketones (excluding diaryl/α,β-unsaturated/α-hetero) is 1. The van der Waals surface area contributed by atoms with Crippen molar-refractivity contribution in [2.75, 3.05) is 26.0 Å². The van der Waals surface area contributed by atoms with Crippen molar-refractivity contribution in [3.05, 3.63) is 29.8 Å². The van der Waals surface area contributed by atoms with Gasteiger partial charge in [0.05, 0.1) is 12.9 Å². The molecule has 0 spiro atoms. The van der Waals surface area contributed by atoms with E-state index in [1.165, 1.54) is 10.6 Å². The van der Waals surface area contributed by atoms with Crippen molar-refractivity contribution < 1.29 is 22.7 Å². The molecular formula is C21H32N2O5S. The van der Waals surface area contributed by atoms with Crippen molar-refractivity contribution in [3.8, 4) is 5.75 Å². The zero-order chi connectivity index (χ0) is 21.3. The quantitative estimate of drug-likeness (QED) is 0.436. The highest BCUT2D eigenvalue weighted by atomic mass is 32.2. The smallest absolute Gasteiger partial charge is 0.220 e. The molecule has 1 unspecified atom stereocenters. The number of rotatable bonds is 11. The van der Waals surface area contributed by atoms with Gasteiger partial charge < -0.3 is 10.1 Å². The summed E-state index contributed by atoms with van der Waals surface area (Å²) >= 11 is 0. The molecule has 1 N–H and O–H groups in total. The fraction of sp³-hybridized carbons (Fsp3) is 0.619. The van der Waals surface area contributed by atoms with Gasteiger partial charge in [0.25, 0.3) is 0 Å². The van der Waals surface area contributed by atoms with Gasteiger partial charge in [-0.1, -0.05) is 19.8 Å². The number of piperidine rings is 1. The van der Waals surface area contributed by atoms with Crippen LogP contribution in [0.1, 0.15) is 62.2 Å². The van der Waals surface area contributed by atoms with Gasteiger partial charge >= 0.3 is 0 Å². The van der Waals surface area contributed by atoms with Crippen LogP contribution in [-0.4, -0.2) is 56.4 Å². The van der Waals surface area contributed by atoms with Crippen molar-refractivity contribution >= 4 is 21.7 Å². The normalized spacial score (nSPS) is 17.7. The highest BCUT2D eigenvalue weighted by Gasteiger charge is 2.26. The van der Waals surface area contributed by atoms with Gasteiger partial charge in [0, 0.05) is 37.5 Å². The Bertz CT molecular complexity index is 777. The summed E-state index contributed by atoms with van der Waals surface area (Å²) in [6.45, 7) is 3.58. The largest absolute Gasteiger partial charge is 0.494 e. The summed E-state index contributed by atoms with van der Waals surface area (Å²) in [6.07, 6.45) is 6.11. The van der Waals surface area contributed by atoms with Crippen LogP contribution in [0.2, 0.25) is 0 Å². The lowest BCUT2D eigenvalue weighted by Gasteiger charge is -2.31. The molecule has 2 rings (SSSR count). The Kier molecular flexibility index (Phi) is 9.10. The zero-order valence-electron chi connectivity index (χ0n) is 17.4. The summed E-state index contributed by atoms with van der Waals surface area (Å²) in [5, 5.41) is 2.85. The molecule has 8 heteroatoms. The number of ether oxygens (including phenoxy) is 1. The predicted octanol–water partition coefficient (Wildman–Crippen LogP) is 2.76. The Morgan fingerprint density at radius 2 is 1.90 bits per heavy atom. The summed E-state index contributed by atoms with van der Waals surface area (Å²) in [4.78, 5) is 24.5. The predicted molar refractivity (Wildman–Crippen MR) is 113 cm³/mol. The first-order valence-corrected chi connectivity index (χ1v) is 12.1. The Morgan fingerprint density at radius 1 is 1.17 bits per heavy atom. The third kappa shape index (κ3) is 8.14. The Balaban J connectivity index is 1.74. The number of carbonyl (C=O) groups excluding carboxylic acids is 2. The zero-order valence-corrected chi connectivity index (χ0v) is 18.2. The van der Waals surface area contributed by atoms with Crippen LogP contribution in [0.5, 0.6) is 5.75 Å². The van der Waals surface area contributed by atoms with E-state index >= 15 is 0 Å². The van der Waals surface area contributed by atoms with Gasteiger partial charge in [0.15, 0.2) is 5.78 Å². The van der Waals surface area contributed by atoms with E-state index in [2.05, 4.69) is 12.2 Å². The molecule has 1 aromatic carbocycles. The second kappa shape index (κ2) is 11.3. The van der Waals surface area contributed by atoms with E-state index in [9.17, 15) is 18.0 Å². The summed E-state index contributed by atoms with van der Waals surface area (Å²) in [7, 11) is -3.25. The minimum absolute atomic E-state index is 0.0868. The number of sulfonamides is 1. The first kappa shape index (κ1) is 23.3. The van der Waals surface area contributed by atoms with Crippen LogP contribution >= 0.6 is 0 Å². The minimum atomic E-state index is -3.25. The minimum Gasteiger partial charge on any atom is -0.494 e. The maximum atomic E-state index is 12.3.